The van der Waals surface area contributed by atoms with Crippen molar-refractivity contribution in [1.29, 1.82) is 0 Å². The van der Waals surface area contributed by atoms with Gasteiger partial charge in [-0.1, -0.05) is 19.9 Å². The first-order valence-electron chi connectivity index (χ1n) is 10.5. The SMILES string of the molecule is COc1cc(C)c([C@H](C)NC(=O)CN(c2cc([N+](=O)[O-])ccc2C)S(C)(=O)=O)cc1C(C)C. The molecule has 0 saturated heterocycles. The first-order valence-corrected chi connectivity index (χ1v) is 12.3. The molecule has 2 rings (SSSR count). The molecule has 9 nitrogen and oxygen atoms in total. The van der Waals surface area contributed by atoms with E-state index in [0.29, 0.717) is 5.56 Å². The van der Waals surface area contributed by atoms with Crippen molar-refractivity contribution < 1.29 is 22.9 Å². The van der Waals surface area contributed by atoms with Crippen LogP contribution in [0.5, 0.6) is 5.75 Å². The standard InChI is InChI=1S/C23H31N3O6S/c1-14(2)19-12-20(16(4)10-22(19)32-6)17(5)24-23(27)13-25(33(7,30)31)21-11-18(26(28)29)9-8-15(21)3/h8-12,14,17H,13H2,1-7H3,(H,24,27)/t17-/m0/s1. The third-order valence-corrected chi connectivity index (χ3v) is 6.57. The lowest BCUT2D eigenvalue weighted by Gasteiger charge is -2.25. The second-order valence-electron chi connectivity index (χ2n) is 8.39. The highest BCUT2D eigenvalue weighted by Crippen LogP contribution is 2.32. The van der Waals surface area contributed by atoms with Gasteiger partial charge in [0.15, 0.2) is 0 Å². The molecule has 2 aromatic carbocycles. The van der Waals surface area contributed by atoms with Crippen LogP contribution in [0.4, 0.5) is 11.4 Å². The van der Waals surface area contributed by atoms with Crippen molar-refractivity contribution in [2.24, 2.45) is 0 Å². The molecule has 1 atom stereocenters. The molecule has 0 aliphatic rings. The fourth-order valence-corrected chi connectivity index (χ4v) is 4.57. The quantitative estimate of drug-likeness (QED) is 0.431. The topological polar surface area (TPSA) is 119 Å². The lowest BCUT2D eigenvalue weighted by atomic mass is 9.93. The molecule has 0 fully saturated rings. The highest BCUT2D eigenvalue weighted by Gasteiger charge is 2.25. The summed E-state index contributed by atoms with van der Waals surface area (Å²) < 4.78 is 31.3. The molecule has 1 N–H and O–H groups in total. The molecule has 180 valence electrons. The van der Waals surface area contributed by atoms with Gasteiger partial charge < -0.3 is 10.1 Å². The average Bonchev–Trinajstić information content (AvgIpc) is 2.70. The number of methoxy groups -OCH3 is 1. The van der Waals surface area contributed by atoms with E-state index in [4.69, 9.17) is 4.74 Å². The third kappa shape index (κ3) is 6.22. The van der Waals surface area contributed by atoms with Gasteiger partial charge in [-0.25, -0.2) is 8.42 Å². The predicted molar refractivity (Wildman–Crippen MR) is 128 cm³/mol. The number of anilines is 1. The van der Waals surface area contributed by atoms with Crippen LogP contribution < -0.4 is 14.4 Å². The number of hydrogen-bond donors (Lipinski definition) is 1. The van der Waals surface area contributed by atoms with Crippen LogP contribution in [0.15, 0.2) is 30.3 Å². The van der Waals surface area contributed by atoms with Crippen molar-refractivity contribution in [3.05, 3.63) is 62.7 Å². The van der Waals surface area contributed by atoms with Gasteiger partial charge in [0.1, 0.15) is 12.3 Å². The summed E-state index contributed by atoms with van der Waals surface area (Å²) in [6.07, 6.45) is 0.963. The van der Waals surface area contributed by atoms with Gasteiger partial charge in [0.25, 0.3) is 5.69 Å². The Morgan fingerprint density at radius 2 is 1.76 bits per heavy atom. The number of nitro groups is 1. The molecular weight excluding hydrogens is 446 g/mol. The zero-order chi connectivity index (χ0) is 25.1. The van der Waals surface area contributed by atoms with Crippen molar-refractivity contribution in [2.45, 2.75) is 46.6 Å². The number of rotatable bonds is 9. The normalized spacial score (nSPS) is 12.4. The van der Waals surface area contributed by atoms with Crippen molar-refractivity contribution in [2.75, 3.05) is 24.2 Å². The van der Waals surface area contributed by atoms with Crippen molar-refractivity contribution in [1.82, 2.24) is 5.32 Å². The van der Waals surface area contributed by atoms with Crippen LogP contribution in [0.3, 0.4) is 0 Å². The Balaban J connectivity index is 2.34. The molecule has 0 spiro atoms. The van der Waals surface area contributed by atoms with Crippen LogP contribution in [0, 0.1) is 24.0 Å². The zero-order valence-electron chi connectivity index (χ0n) is 20.0. The highest BCUT2D eigenvalue weighted by molar-refractivity contribution is 7.92. The van der Waals surface area contributed by atoms with E-state index in [2.05, 4.69) is 5.32 Å². The number of ether oxygens (including phenoxy) is 1. The summed E-state index contributed by atoms with van der Waals surface area (Å²) in [4.78, 5) is 23.4. The average molecular weight is 478 g/mol. The van der Waals surface area contributed by atoms with Crippen molar-refractivity contribution in [3.63, 3.8) is 0 Å². The number of nitro benzene ring substituents is 1. The minimum atomic E-state index is -3.88. The molecule has 0 heterocycles. The number of aryl methyl sites for hydroxylation is 2. The van der Waals surface area contributed by atoms with E-state index in [0.717, 1.165) is 39.1 Å². The van der Waals surface area contributed by atoms with E-state index in [-0.39, 0.29) is 17.3 Å². The van der Waals surface area contributed by atoms with Gasteiger partial charge in [0.05, 0.1) is 30.0 Å². The molecule has 33 heavy (non-hydrogen) atoms. The number of non-ortho nitro benzene ring substituents is 1. The van der Waals surface area contributed by atoms with Gasteiger partial charge >= 0.3 is 0 Å². The smallest absolute Gasteiger partial charge is 0.271 e. The number of sulfonamides is 1. The van der Waals surface area contributed by atoms with Gasteiger partial charge in [-0.2, -0.15) is 0 Å². The number of nitrogens with one attached hydrogen (secondary N) is 1. The molecule has 0 bridgehead atoms. The maximum Gasteiger partial charge on any atom is 0.271 e. The molecule has 0 aromatic heterocycles. The van der Waals surface area contributed by atoms with E-state index in [1.165, 1.54) is 12.1 Å². The number of carbonyl (C=O) groups is 1. The molecule has 1 amide bonds. The summed E-state index contributed by atoms with van der Waals surface area (Å²) in [6.45, 7) is 8.96. The number of nitrogens with zero attached hydrogens (tertiary/aromatic N) is 2. The molecule has 0 saturated carbocycles. The number of carbonyl (C=O) groups excluding carboxylic acids is 1. The Hall–Kier alpha value is -3.14. The van der Waals surface area contributed by atoms with Crippen LogP contribution >= 0.6 is 0 Å². The number of hydrogen-bond acceptors (Lipinski definition) is 6. The Labute approximate surface area is 195 Å². The van der Waals surface area contributed by atoms with Crippen molar-refractivity contribution >= 4 is 27.3 Å². The zero-order valence-corrected chi connectivity index (χ0v) is 20.8. The Morgan fingerprint density at radius 1 is 1.12 bits per heavy atom. The Kier molecular flexibility index (Phi) is 8.07. The summed E-state index contributed by atoms with van der Waals surface area (Å²) >= 11 is 0. The summed E-state index contributed by atoms with van der Waals surface area (Å²) in [7, 11) is -2.27. The van der Waals surface area contributed by atoms with E-state index in [9.17, 15) is 23.3 Å². The van der Waals surface area contributed by atoms with E-state index >= 15 is 0 Å². The van der Waals surface area contributed by atoms with Gasteiger partial charge in [-0.15, -0.1) is 0 Å². The Morgan fingerprint density at radius 3 is 2.27 bits per heavy atom. The molecule has 0 radical (unpaired) electrons. The van der Waals surface area contributed by atoms with E-state index < -0.39 is 33.4 Å². The monoisotopic (exact) mass is 477 g/mol. The minimum absolute atomic E-state index is 0.0947. The highest BCUT2D eigenvalue weighted by atomic mass is 32.2. The lowest BCUT2D eigenvalue weighted by molar-refractivity contribution is -0.384. The van der Waals surface area contributed by atoms with Gasteiger partial charge in [0, 0.05) is 12.1 Å². The van der Waals surface area contributed by atoms with Crippen LogP contribution in [-0.4, -0.2) is 39.2 Å². The number of amides is 1. The van der Waals surface area contributed by atoms with Crippen LogP contribution in [-0.2, 0) is 14.8 Å². The van der Waals surface area contributed by atoms with Crippen molar-refractivity contribution in [3.8, 4) is 5.75 Å². The van der Waals surface area contributed by atoms with Gasteiger partial charge in [0.2, 0.25) is 15.9 Å². The number of benzene rings is 2. The minimum Gasteiger partial charge on any atom is -0.496 e. The predicted octanol–water partition coefficient (Wildman–Crippen LogP) is 3.99. The van der Waals surface area contributed by atoms with Gasteiger partial charge in [-0.3, -0.25) is 19.2 Å². The third-order valence-electron chi connectivity index (χ3n) is 5.44. The molecule has 10 heteroatoms. The first kappa shape index (κ1) is 26.1. The van der Waals surface area contributed by atoms with Crippen LogP contribution in [0.1, 0.15) is 55.0 Å². The molecule has 0 aliphatic carbocycles. The fraction of sp³-hybridized carbons (Fsp3) is 0.435. The summed E-state index contributed by atoms with van der Waals surface area (Å²) in [5, 5.41) is 14.0. The molecular formula is C23H31N3O6S. The van der Waals surface area contributed by atoms with E-state index in [1.54, 1.807) is 14.0 Å². The summed E-state index contributed by atoms with van der Waals surface area (Å²) in [5.41, 5.74) is 3.16. The van der Waals surface area contributed by atoms with Crippen LogP contribution in [0.25, 0.3) is 0 Å². The molecule has 0 unspecified atom stereocenters. The summed E-state index contributed by atoms with van der Waals surface area (Å²) in [6, 6.07) is 7.43. The van der Waals surface area contributed by atoms with Crippen LogP contribution in [0.2, 0.25) is 0 Å². The first-order chi connectivity index (χ1) is 15.3. The second-order valence-corrected chi connectivity index (χ2v) is 10.3. The lowest BCUT2D eigenvalue weighted by Crippen LogP contribution is -2.41. The van der Waals surface area contributed by atoms with E-state index in [1.807, 2.05) is 39.8 Å². The Bertz CT molecular complexity index is 1160. The molecule has 0 aliphatic heterocycles. The fourth-order valence-electron chi connectivity index (χ4n) is 3.67. The van der Waals surface area contributed by atoms with Gasteiger partial charge in [-0.05, 0) is 61.1 Å². The maximum absolute atomic E-state index is 12.9. The second kappa shape index (κ2) is 10.2. The summed E-state index contributed by atoms with van der Waals surface area (Å²) in [5.74, 6) is 0.453. The molecule has 2 aromatic rings. The largest absolute Gasteiger partial charge is 0.496 e. The maximum atomic E-state index is 12.9.